The topological polar surface area (TPSA) is 341 Å². The monoisotopic (exact) mass is 1140 g/mol. The summed E-state index contributed by atoms with van der Waals surface area (Å²) in [6.07, 6.45) is -25.9. The fraction of sp³-hybridized carbons (Fsp3) is 0.927. The highest BCUT2D eigenvalue weighted by Crippen LogP contribution is 2.38. The predicted octanol–water partition coefficient (Wildman–Crippen LogP) is 2.12. The zero-order valence-corrected chi connectivity index (χ0v) is 47.7. The fourth-order valence-corrected chi connectivity index (χ4v) is 10.0. The lowest BCUT2D eigenvalue weighted by molar-refractivity contribution is -0.399. The molecule has 2 bridgehead atoms. The van der Waals surface area contributed by atoms with Gasteiger partial charge in [-0.15, -0.1) is 0 Å². The first-order chi connectivity index (χ1) is 37.4. The Morgan fingerprint density at radius 1 is 0.557 bits per heavy atom. The standard InChI is InChI=1S/C55H94O24/c1-11-13-19-22-34-23-20-17-15-14-16-18-21-24-36(58)74-47-44(77-52-42(64)41(63)43(32(9)70-52)75-49(65)26(3)12-2)33(10)71-55(48(47)76-51(67)28(5)30(7)57)79-46-40(62)38(60)35(25-68-50(66)27(4)29(6)56)73-54(46)78-45-39(61)37(59)31(8)69-53(45)72-34/h26-35,37-48,52-57,59-64H,11-25H2,1-10H3/t26-,27+,28-,29+,30+,31-,32-,33+,34-,35-,37-,38-,39+,40+,41-,42-,43-,44+,45-,46-,47-,48+,52+,53+,54+,55+/m1/s1. The van der Waals surface area contributed by atoms with Crippen LogP contribution in [0.5, 0.6) is 0 Å². The lowest BCUT2D eigenvalue weighted by atomic mass is 9.95. The van der Waals surface area contributed by atoms with E-state index in [4.69, 9.17) is 56.8 Å². The van der Waals surface area contributed by atoms with E-state index >= 15 is 0 Å². The van der Waals surface area contributed by atoms with Gasteiger partial charge in [0.05, 0.1) is 54.4 Å². The van der Waals surface area contributed by atoms with Crippen LogP contribution in [0, 0.1) is 17.8 Å². The number of hydrogen-bond donors (Lipinski definition) is 8. The predicted molar refractivity (Wildman–Crippen MR) is 275 cm³/mol. The maximum absolute atomic E-state index is 14.1. The molecule has 5 aliphatic rings. The van der Waals surface area contributed by atoms with E-state index in [1.54, 1.807) is 20.8 Å². The molecule has 26 atom stereocenters. The second-order valence-corrected chi connectivity index (χ2v) is 22.4. The smallest absolute Gasteiger partial charge is 0.311 e. The van der Waals surface area contributed by atoms with Gasteiger partial charge in [0, 0.05) is 6.42 Å². The number of esters is 4. The average Bonchev–Trinajstić information content (AvgIpc) is 3.42. The highest BCUT2D eigenvalue weighted by Gasteiger charge is 2.58. The summed E-state index contributed by atoms with van der Waals surface area (Å²) in [5.41, 5.74) is 0. The third kappa shape index (κ3) is 18.1. The van der Waals surface area contributed by atoms with Gasteiger partial charge in [-0.1, -0.05) is 78.6 Å². The molecule has 458 valence electrons. The van der Waals surface area contributed by atoms with Crippen molar-refractivity contribution in [3.63, 3.8) is 0 Å². The summed E-state index contributed by atoms with van der Waals surface area (Å²) >= 11 is 0. The van der Waals surface area contributed by atoms with Crippen LogP contribution in [0.1, 0.15) is 159 Å². The lowest BCUT2D eigenvalue weighted by Crippen LogP contribution is -2.68. The Bertz CT molecular complexity index is 1860. The number of carbonyl (C=O) groups is 4. The van der Waals surface area contributed by atoms with Crippen LogP contribution in [0.15, 0.2) is 0 Å². The van der Waals surface area contributed by atoms with Gasteiger partial charge in [-0.2, -0.15) is 0 Å². The first-order valence-electron chi connectivity index (χ1n) is 28.9. The van der Waals surface area contributed by atoms with Crippen molar-refractivity contribution in [1.29, 1.82) is 0 Å². The highest BCUT2D eigenvalue weighted by atomic mass is 16.8. The van der Waals surface area contributed by atoms with Crippen LogP contribution in [0.3, 0.4) is 0 Å². The van der Waals surface area contributed by atoms with Crippen LogP contribution in [-0.4, -0.2) is 212 Å². The molecule has 24 heteroatoms. The Kier molecular flexibility index (Phi) is 27.0. The minimum Gasteiger partial charge on any atom is -0.463 e. The van der Waals surface area contributed by atoms with Gasteiger partial charge < -0.3 is 97.7 Å². The van der Waals surface area contributed by atoms with E-state index in [1.807, 2.05) is 0 Å². The maximum atomic E-state index is 14.1. The average molecular weight is 1140 g/mol. The van der Waals surface area contributed by atoms with Crippen LogP contribution in [0.25, 0.3) is 0 Å². The van der Waals surface area contributed by atoms with E-state index in [1.165, 1.54) is 41.5 Å². The van der Waals surface area contributed by atoms with Crippen LogP contribution < -0.4 is 0 Å². The highest BCUT2D eigenvalue weighted by molar-refractivity contribution is 5.74. The van der Waals surface area contributed by atoms with E-state index in [-0.39, 0.29) is 12.5 Å². The SMILES string of the molecule is CCCCC[C@@H]1CCCCCCCCCC(=O)O[C@H]2[C@H](OC(=O)[C@H](C)[C@H](C)O)[C@H](O[C@H]3[C@H](O[C@H]4[C@H](O1)O[C@H](C)[C@@H](O)[C@@H]4O)O[C@H](COC(=O)[C@@H](C)[C@H](C)O)[C@@H](O)[C@@H]3O)O[C@@H](C)[C@@H]2O[C@@H]1O[C@H](C)[C@@H](OC(=O)[C@H](C)CC)[C@H](O)[C@H]1O. The third-order valence-corrected chi connectivity index (χ3v) is 16.0. The summed E-state index contributed by atoms with van der Waals surface area (Å²) in [6, 6.07) is 0. The lowest BCUT2D eigenvalue weighted by Gasteiger charge is -2.50. The molecule has 0 spiro atoms. The normalized spacial score (nSPS) is 40.5. The molecule has 79 heavy (non-hydrogen) atoms. The minimum atomic E-state index is -2.06. The second kappa shape index (κ2) is 31.8. The van der Waals surface area contributed by atoms with Crippen molar-refractivity contribution in [2.45, 2.75) is 300 Å². The van der Waals surface area contributed by atoms with E-state index in [2.05, 4.69) is 6.92 Å². The van der Waals surface area contributed by atoms with Crippen molar-refractivity contribution in [3.05, 3.63) is 0 Å². The molecular formula is C55H94O24. The molecule has 24 nitrogen and oxygen atoms in total. The van der Waals surface area contributed by atoms with Gasteiger partial charge in [0.25, 0.3) is 0 Å². The van der Waals surface area contributed by atoms with Crippen molar-refractivity contribution >= 4 is 23.9 Å². The Labute approximate surface area is 464 Å². The molecule has 0 aromatic carbocycles. The largest absolute Gasteiger partial charge is 0.463 e. The zero-order valence-electron chi connectivity index (χ0n) is 47.7. The molecule has 0 amide bonds. The Balaban J connectivity index is 1.60. The molecule has 5 saturated heterocycles. The Morgan fingerprint density at radius 3 is 1.75 bits per heavy atom. The summed E-state index contributed by atoms with van der Waals surface area (Å²) in [4.78, 5) is 53.9. The first kappa shape index (κ1) is 67.0. The van der Waals surface area contributed by atoms with Crippen molar-refractivity contribution in [2.75, 3.05) is 6.61 Å². The van der Waals surface area contributed by atoms with E-state index < -0.39 is 183 Å². The quantitative estimate of drug-likeness (QED) is 0.0623. The molecule has 0 radical (unpaired) electrons. The summed E-state index contributed by atoms with van der Waals surface area (Å²) < 4.78 is 74.3. The Morgan fingerprint density at radius 2 is 1.11 bits per heavy atom. The molecule has 0 aromatic heterocycles. The molecule has 0 aromatic rings. The van der Waals surface area contributed by atoms with Gasteiger partial charge >= 0.3 is 23.9 Å². The van der Waals surface area contributed by atoms with Crippen LogP contribution in [-0.2, 0) is 76.0 Å². The molecule has 0 unspecified atom stereocenters. The number of fused-ring (bicyclic) bond motifs is 4. The molecule has 5 heterocycles. The van der Waals surface area contributed by atoms with E-state index in [0.717, 1.165) is 51.4 Å². The summed E-state index contributed by atoms with van der Waals surface area (Å²) in [6.45, 7) is 14.8. The van der Waals surface area contributed by atoms with Crippen molar-refractivity contribution < 1.29 is 117 Å². The van der Waals surface area contributed by atoms with Gasteiger partial charge in [-0.3, -0.25) is 19.2 Å². The van der Waals surface area contributed by atoms with E-state index in [9.17, 15) is 60.0 Å². The van der Waals surface area contributed by atoms with Gasteiger partial charge in [-0.25, -0.2) is 0 Å². The maximum Gasteiger partial charge on any atom is 0.311 e. The molecule has 8 N–H and O–H groups in total. The number of ether oxygens (including phenoxy) is 12. The van der Waals surface area contributed by atoms with Crippen molar-refractivity contribution in [1.82, 2.24) is 0 Å². The molecule has 0 saturated carbocycles. The number of aliphatic hydroxyl groups is 8. The molecule has 0 aliphatic carbocycles. The van der Waals surface area contributed by atoms with Crippen LogP contribution in [0.4, 0.5) is 0 Å². The van der Waals surface area contributed by atoms with Crippen molar-refractivity contribution in [3.8, 4) is 0 Å². The van der Waals surface area contributed by atoms with Gasteiger partial charge in [0.15, 0.2) is 43.5 Å². The number of aliphatic hydroxyl groups excluding tert-OH is 8. The van der Waals surface area contributed by atoms with Gasteiger partial charge in [0.2, 0.25) is 0 Å². The fourth-order valence-electron chi connectivity index (χ4n) is 10.0. The number of unbranched alkanes of at least 4 members (excludes halogenated alkanes) is 2. The molecular weight excluding hydrogens is 1040 g/mol. The second-order valence-electron chi connectivity index (χ2n) is 22.4. The molecule has 5 aliphatic heterocycles. The van der Waals surface area contributed by atoms with E-state index in [0.29, 0.717) is 32.1 Å². The molecule has 5 fully saturated rings. The third-order valence-electron chi connectivity index (χ3n) is 16.0. The summed E-state index contributed by atoms with van der Waals surface area (Å²) in [7, 11) is 0. The first-order valence-corrected chi connectivity index (χ1v) is 28.9. The zero-order chi connectivity index (χ0) is 58.4. The van der Waals surface area contributed by atoms with Crippen molar-refractivity contribution in [2.24, 2.45) is 17.8 Å². The minimum absolute atomic E-state index is 0.107. The van der Waals surface area contributed by atoms with Gasteiger partial charge in [-0.05, 0) is 74.1 Å². The van der Waals surface area contributed by atoms with Crippen LogP contribution in [0.2, 0.25) is 0 Å². The van der Waals surface area contributed by atoms with Crippen LogP contribution >= 0.6 is 0 Å². The number of carbonyl (C=O) groups excluding carboxylic acids is 4. The summed E-state index contributed by atoms with van der Waals surface area (Å²) in [5.74, 6) is -6.06. The van der Waals surface area contributed by atoms with Gasteiger partial charge in [0.1, 0.15) is 67.6 Å². The molecule has 5 rings (SSSR count). The Hall–Kier alpha value is -2.76. The number of hydrogen-bond acceptors (Lipinski definition) is 24. The summed E-state index contributed by atoms with van der Waals surface area (Å²) in [5, 5.41) is 90.7. The number of rotatable bonds is 16.